The third kappa shape index (κ3) is 2.48. The first-order chi connectivity index (χ1) is 11.2. The molecular weight excluding hydrogens is 284 g/mol. The highest BCUT2D eigenvalue weighted by Gasteiger charge is 2.05. The van der Waals surface area contributed by atoms with Gasteiger partial charge in [-0.2, -0.15) is 0 Å². The van der Waals surface area contributed by atoms with E-state index >= 15 is 0 Å². The first-order valence-electron chi connectivity index (χ1n) is 7.57. The highest BCUT2D eigenvalue weighted by atomic mass is 15.3. The number of hydrogen-bond donors (Lipinski definition) is 0. The van der Waals surface area contributed by atoms with Crippen LogP contribution in [0.2, 0.25) is 0 Å². The highest BCUT2D eigenvalue weighted by Crippen LogP contribution is 2.15. The van der Waals surface area contributed by atoms with E-state index in [-0.39, 0.29) is 0 Å². The summed E-state index contributed by atoms with van der Waals surface area (Å²) in [6.45, 7) is 4.07. The van der Waals surface area contributed by atoms with E-state index in [9.17, 15) is 0 Å². The van der Waals surface area contributed by atoms with Gasteiger partial charge in [-0.3, -0.25) is 0 Å². The smallest absolute Gasteiger partial charge is 0.175 e. The summed E-state index contributed by atoms with van der Waals surface area (Å²) in [5.74, 6) is 0.692. The topological polar surface area (TPSA) is 43.1 Å². The monoisotopic (exact) mass is 300 g/mol. The van der Waals surface area contributed by atoms with Crippen molar-refractivity contribution >= 4 is 28.7 Å². The molecule has 0 aliphatic rings. The molecule has 0 spiro atoms. The van der Waals surface area contributed by atoms with E-state index in [0.29, 0.717) is 5.82 Å². The van der Waals surface area contributed by atoms with Crippen LogP contribution in [0.15, 0.2) is 48.5 Å². The zero-order valence-corrected chi connectivity index (χ0v) is 13.1. The summed E-state index contributed by atoms with van der Waals surface area (Å²) < 4.78 is 1.88. The van der Waals surface area contributed by atoms with Gasteiger partial charge >= 0.3 is 0 Å². The van der Waals surface area contributed by atoms with Crippen LogP contribution < -0.4 is 0 Å². The van der Waals surface area contributed by atoms with Crippen molar-refractivity contribution in [2.24, 2.45) is 0 Å². The largest absolute Gasteiger partial charge is 0.248 e. The summed E-state index contributed by atoms with van der Waals surface area (Å²) >= 11 is 0. The fraction of sp³-hybridized carbons (Fsp3) is 0.105. The molecule has 3 heterocycles. The summed E-state index contributed by atoms with van der Waals surface area (Å²) in [6.07, 6.45) is 3.86. The van der Waals surface area contributed by atoms with Crippen LogP contribution in [-0.4, -0.2) is 19.6 Å². The van der Waals surface area contributed by atoms with Gasteiger partial charge in [-0.25, -0.2) is 14.5 Å². The lowest BCUT2D eigenvalue weighted by Crippen LogP contribution is -1.94. The molecule has 1 aromatic carbocycles. The minimum Gasteiger partial charge on any atom is -0.248 e. The normalized spacial score (nSPS) is 11.7. The lowest BCUT2D eigenvalue weighted by molar-refractivity contribution is 0.905. The molecule has 0 N–H and O–H groups in total. The summed E-state index contributed by atoms with van der Waals surface area (Å²) in [5.41, 5.74) is 4.98. The predicted molar refractivity (Wildman–Crippen MR) is 93.1 cm³/mol. The van der Waals surface area contributed by atoms with Crippen molar-refractivity contribution in [3.8, 4) is 0 Å². The maximum Gasteiger partial charge on any atom is 0.175 e. The summed E-state index contributed by atoms with van der Waals surface area (Å²) in [5, 5.41) is 5.68. The Morgan fingerprint density at radius 3 is 2.61 bits per heavy atom. The van der Waals surface area contributed by atoms with Gasteiger partial charge in [0.2, 0.25) is 0 Å². The van der Waals surface area contributed by atoms with Gasteiger partial charge in [0.05, 0.1) is 11.2 Å². The van der Waals surface area contributed by atoms with E-state index in [1.54, 1.807) is 0 Å². The second-order valence-corrected chi connectivity index (χ2v) is 5.63. The molecule has 4 nitrogen and oxygen atoms in total. The molecule has 0 bridgehead atoms. The minimum absolute atomic E-state index is 0.692. The minimum atomic E-state index is 0.692. The van der Waals surface area contributed by atoms with Crippen LogP contribution >= 0.6 is 0 Å². The standard InChI is InChI=1S/C19H16N4/c1-13-7-8-14(2)23-19(13)21-18(22-23)12-11-16-10-9-15-5-3-4-6-17(15)20-16/h3-12H,1-2H3. The van der Waals surface area contributed by atoms with Crippen molar-refractivity contribution in [2.75, 3.05) is 0 Å². The van der Waals surface area contributed by atoms with Gasteiger partial charge in [0, 0.05) is 11.1 Å². The fourth-order valence-electron chi connectivity index (χ4n) is 2.63. The predicted octanol–water partition coefficient (Wildman–Crippen LogP) is 4.06. The Kier molecular flexibility index (Phi) is 3.15. The van der Waals surface area contributed by atoms with Gasteiger partial charge in [0.1, 0.15) is 0 Å². The van der Waals surface area contributed by atoms with E-state index in [1.807, 2.05) is 54.8 Å². The molecule has 0 aliphatic carbocycles. The Morgan fingerprint density at radius 2 is 1.74 bits per heavy atom. The Labute approximate surface area is 134 Å². The van der Waals surface area contributed by atoms with Gasteiger partial charge < -0.3 is 0 Å². The average Bonchev–Trinajstić information content (AvgIpc) is 3.02. The molecule has 4 aromatic rings. The van der Waals surface area contributed by atoms with Crippen molar-refractivity contribution < 1.29 is 0 Å². The number of aromatic nitrogens is 4. The molecular formula is C19H16N4. The molecule has 0 amide bonds. The van der Waals surface area contributed by atoms with Crippen molar-refractivity contribution in [1.29, 1.82) is 0 Å². The second kappa shape index (κ2) is 5.32. The molecule has 4 heteroatoms. The molecule has 112 valence electrons. The van der Waals surface area contributed by atoms with Crippen molar-refractivity contribution in [3.63, 3.8) is 0 Å². The number of rotatable bonds is 2. The molecule has 0 atom stereocenters. The quantitative estimate of drug-likeness (QED) is 0.560. The lowest BCUT2D eigenvalue weighted by atomic mass is 10.2. The summed E-state index contributed by atoms with van der Waals surface area (Å²) in [7, 11) is 0. The zero-order chi connectivity index (χ0) is 15.8. The molecule has 0 unspecified atom stereocenters. The number of benzene rings is 1. The SMILES string of the molecule is Cc1ccc(C)n2nc(C=Cc3ccc4ccccc4n3)nc12. The molecule has 0 aliphatic heterocycles. The second-order valence-electron chi connectivity index (χ2n) is 5.63. The van der Waals surface area contributed by atoms with Gasteiger partial charge in [0.25, 0.3) is 0 Å². The van der Waals surface area contributed by atoms with Crippen LogP contribution in [-0.2, 0) is 0 Å². The first kappa shape index (κ1) is 13.6. The molecule has 0 saturated carbocycles. The van der Waals surface area contributed by atoms with Crippen LogP contribution in [0.3, 0.4) is 0 Å². The Balaban J connectivity index is 1.72. The number of aryl methyl sites for hydroxylation is 2. The molecule has 0 radical (unpaired) electrons. The van der Waals surface area contributed by atoms with E-state index in [0.717, 1.165) is 33.5 Å². The zero-order valence-electron chi connectivity index (χ0n) is 13.1. The maximum absolute atomic E-state index is 4.63. The number of hydrogen-bond acceptors (Lipinski definition) is 3. The molecule has 3 aromatic heterocycles. The molecule has 23 heavy (non-hydrogen) atoms. The van der Waals surface area contributed by atoms with Gasteiger partial charge in [-0.15, -0.1) is 5.10 Å². The first-order valence-corrected chi connectivity index (χ1v) is 7.57. The number of para-hydroxylation sites is 1. The van der Waals surface area contributed by atoms with Crippen molar-refractivity contribution in [1.82, 2.24) is 19.6 Å². The highest BCUT2D eigenvalue weighted by molar-refractivity contribution is 5.80. The molecule has 4 rings (SSSR count). The van der Waals surface area contributed by atoms with Crippen LogP contribution in [0.1, 0.15) is 22.8 Å². The Hall–Kier alpha value is -3.01. The maximum atomic E-state index is 4.63. The van der Waals surface area contributed by atoms with Gasteiger partial charge in [-0.05, 0) is 49.8 Å². The van der Waals surface area contributed by atoms with Crippen LogP contribution in [0.4, 0.5) is 0 Å². The van der Waals surface area contributed by atoms with E-state index in [2.05, 4.69) is 39.3 Å². The lowest BCUT2D eigenvalue weighted by Gasteiger charge is -1.98. The Bertz CT molecular complexity index is 1000. The third-order valence-electron chi connectivity index (χ3n) is 3.91. The summed E-state index contributed by atoms with van der Waals surface area (Å²) in [4.78, 5) is 9.22. The van der Waals surface area contributed by atoms with E-state index in [1.165, 1.54) is 0 Å². The fourth-order valence-corrected chi connectivity index (χ4v) is 2.63. The average molecular weight is 300 g/mol. The van der Waals surface area contributed by atoms with E-state index < -0.39 is 0 Å². The van der Waals surface area contributed by atoms with Gasteiger partial charge in [0.15, 0.2) is 11.5 Å². The molecule has 0 saturated heterocycles. The number of nitrogens with zero attached hydrogens (tertiary/aromatic N) is 4. The molecule has 0 fully saturated rings. The van der Waals surface area contributed by atoms with E-state index in [4.69, 9.17) is 0 Å². The van der Waals surface area contributed by atoms with Crippen molar-refractivity contribution in [3.05, 3.63) is 71.3 Å². The van der Waals surface area contributed by atoms with Crippen LogP contribution in [0.25, 0.3) is 28.7 Å². The number of pyridine rings is 2. The van der Waals surface area contributed by atoms with Crippen LogP contribution in [0, 0.1) is 13.8 Å². The third-order valence-corrected chi connectivity index (χ3v) is 3.91. The van der Waals surface area contributed by atoms with Gasteiger partial charge in [-0.1, -0.05) is 30.3 Å². The van der Waals surface area contributed by atoms with Crippen LogP contribution in [0.5, 0.6) is 0 Å². The summed E-state index contributed by atoms with van der Waals surface area (Å²) in [6, 6.07) is 16.3. The Morgan fingerprint density at radius 1 is 0.870 bits per heavy atom. The van der Waals surface area contributed by atoms with Crippen molar-refractivity contribution in [2.45, 2.75) is 13.8 Å². The number of fused-ring (bicyclic) bond motifs is 2.